The third-order valence-corrected chi connectivity index (χ3v) is 6.01. The van der Waals surface area contributed by atoms with Crippen LogP contribution < -0.4 is 15.5 Å². The molecule has 2 N–H and O–H groups in total. The SMILES string of the molecule is CC(=O)N1CCN(c2ccc(NC(=O)C3CC34CCNC4)cc2)CC1. The molecule has 25 heavy (non-hydrogen) atoms. The van der Waals surface area contributed by atoms with E-state index in [1.54, 1.807) is 6.92 Å². The predicted molar refractivity (Wildman–Crippen MR) is 97.6 cm³/mol. The second kappa shape index (κ2) is 6.33. The monoisotopic (exact) mass is 342 g/mol. The second-order valence-corrected chi connectivity index (χ2v) is 7.58. The fourth-order valence-corrected chi connectivity index (χ4v) is 4.22. The van der Waals surface area contributed by atoms with Crippen LogP contribution in [-0.4, -0.2) is 56.0 Å². The van der Waals surface area contributed by atoms with Gasteiger partial charge in [-0.05, 0) is 49.1 Å². The average Bonchev–Trinajstić information content (AvgIpc) is 3.13. The first-order chi connectivity index (χ1) is 12.1. The summed E-state index contributed by atoms with van der Waals surface area (Å²) in [5.74, 6) is 0.473. The molecule has 2 aliphatic heterocycles. The predicted octanol–water partition coefficient (Wildman–Crippen LogP) is 1.29. The van der Waals surface area contributed by atoms with E-state index in [-0.39, 0.29) is 23.1 Å². The van der Waals surface area contributed by atoms with E-state index in [0.717, 1.165) is 63.5 Å². The highest BCUT2D eigenvalue weighted by Gasteiger charge is 2.58. The molecule has 2 unspecified atom stereocenters. The first-order valence-corrected chi connectivity index (χ1v) is 9.20. The van der Waals surface area contributed by atoms with Gasteiger partial charge in [-0.3, -0.25) is 9.59 Å². The molecule has 3 aliphatic rings. The summed E-state index contributed by atoms with van der Waals surface area (Å²) in [6.45, 7) is 6.88. The van der Waals surface area contributed by atoms with Crippen molar-refractivity contribution in [1.82, 2.24) is 10.2 Å². The fourth-order valence-electron chi connectivity index (χ4n) is 4.22. The van der Waals surface area contributed by atoms with Crippen molar-refractivity contribution in [3.8, 4) is 0 Å². The number of hydrogen-bond acceptors (Lipinski definition) is 4. The average molecular weight is 342 g/mol. The molecule has 0 bridgehead atoms. The Hall–Kier alpha value is -2.08. The van der Waals surface area contributed by atoms with Crippen molar-refractivity contribution < 1.29 is 9.59 Å². The van der Waals surface area contributed by atoms with Gasteiger partial charge >= 0.3 is 0 Å². The zero-order valence-electron chi connectivity index (χ0n) is 14.8. The molecule has 4 rings (SSSR count). The van der Waals surface area contributed by atoms with Crippen molar-refractivity contribution in [2.75, 3.05) is 49.5 Å². The van der Waals surface area contributed by atoms with E-state index in [9.17, 15) is 9.59 Å². The van der Waals surface area contributed by atoms with Crippen molar-refractivity contribution in [2.45, 2.75) is 19.8 Å². The van der Waals surface area contributed by atoms with Gasteiger partial charge in [0.25, 0.3) is 0 Å². The maximum Gasteiger partial charge on any atom is 0.228 e. The minimum absolute atomic E-state index is 0.146. The number of rotatable bonds is 3. The van der Waals surface area contributed by atoms with Crippen LogP contribution in [0, 0.1) is 11.3 Å². The van der Waals surface area contributed by atoms with E-state index >= 15 is 0 Å². The summed E-state index contributed by atoms with van der Waals surface area (Å²) >= 11 is 0. The summed E-state index contributed by atoms with van der Waals surface area (Å²) in [4.78, 5) is 28.0. The van der Waals surface area contributed by atoms with E-state index in [0.29, 0.717) is 0 Å². The Kier molecular flexibility index (Phi) is 4.15. The smallest absolute Gasteiger partial charge is 0.228 e. The molecule has 0 aromatic heterocycles. The molecule has 2 saturated heterocycles. The van der Waals surface area contributed by atoms with Gasteiger partial charge in [-0.15, -0.1) is 0 Å². The minimum Gasteiger partial charge on any atom is -0.368 e. The zero-order valence-corrected chi connectivity index (χ0v) is 14.8. The highest BCUT2D eigenvalue weighted by molar-refractivity contribution is 5.95. The standard InChI is InChI=1S/C19H26N4O2/c1-14(24)22-8-10-23(11-9-22)16-4-2-15(3-5-16)21-18(25)17-12-19(17)6-7-20-13-19/h2-5,17,20H,6-13H2,1H3,(H,21,25). The summed E-state index contributed by atoms with van der Waals surface area (Å²) in [5.41, 5.74) is 2.24. The minimum atomic E-state index is 0.146. The van der Waals surface area contributed by atoms with Crippen LogP contribution in [0.2, 0.25) is 0 Å². The highest BCUT2D eigenvalue weighted by atomic mass is 16.2. The van der Waals surface area contributed by atoms with Gasteiger partial charge in [0, 0.05) is 56.9 Å². The Balaban J connectivity index is 1.32. The molecular weight excluding hydrogens is 316 g/mol. The van der Waals surface area contributed by atoms with E-state index in [1.807, 2.05) is 17.0 Å². The molecule has 2 heterocycles. The summed E-state index contributed by atoms with van der Waals surface area (Å²) < 4.78 is 0. The van der Waals surface area contributed by atoms with Gasteiger partial charge in [-0.2, -0.15) is 0 Å². The lowest BCUT2D eigenvalue weighted by Gasteiger charge is -2.35. The lowest BCUT2D eigenvalue weighted by molar-refractivity contribution is -0.129. The van der Waals surface area contributed by atoms with E-state index in [1.165, 1.54) is 0 Å². The molecule has 1 aromatic carbocycles. The summed E-state index contributed by atoms with van der Waals surface area (Å²) in [7, 11) is 0. The summed E-state index contributed by atoms with van der Waals surface area (Å²) in [6.07, 6.45) is 2.14. The van der Waals surface area contributed by atoms with Gasteiger partial charge < -0.3 is 20.4 Å². The van der Waals surface area contributed by atoms with Crippen molar-refractivity contribution in [1.29, 1.82) is 0 Å². The molecule has 1 aromatic rings. The molecule has 1 saturated carbocycles. The van der Waals surface area contributed by atoms with Crippen LogP contribution in [0.15, 0.2) is 24.3 Å². The number of anilines is 2. The molecular formula is C19H26N4O2. The summed E-state index contributed by atoms with van der Waals surface area (Å²) in [5, 5.41) is 6.44. The zero-order chi connectivity index (χ0) is 17.4. The van der Waals surface area contributed by atoms with Crippen molar-refractivity contribution >= 4 is 23.2 Å². The van der Waals surface area contributed by atoms with Crippen LogP contribution in [-0.2, 0) is 9.59 Å². The molecule has 2 amide bonds. The van der Waals surface area contributed by atoms with Gasteiger partial charge in [-0.1, -0.05) is 0 Å². The lowest BCUT2D eigenvalue weighted by atomic mass is 10.0. The molecule has 6 nitrogen and oxygen atoms in total. The molecule has 0 radical (unpaired) electrons. The summed E-state index contributed by atoms with van der Waals surface area (Å²) in [6, 6.07) is 8.07. The highest BCUT2D eigenvalue weighted by Crippen LogP contribution is 2.56. The molecule has 1 spiro atoms. The Bertz CT molecular complexity index is 659. The maximum absolute atomic E-state index is 12.4. The van der Waals surface area contributed by atoms with E-state index in [2.05, 4.69) is 27.7 Å². The fraction of sp³-hybridized carbons (Fsp3) is 0.579. The number of benzene rings is 1. The maximum atomic E-state index is 12.4. The van der Waals surface area contributed by atoms with Gasteiger partial charge in [0.15, 0.2) is 0 Å². The number of amides is 2. The molecule has 3 fully saturated rings. The number of hydrogen-bond donors (Lipinski definition) is 2. The van der Waals surface area contributed by atoms with Gasteiger partial charge in [0.1, 0.15) is 0 Å². The van der Waals surface area contributed by atoms with Crippen LogP contribution in [0.3, 0.4) is 0 Å². The first kappa shape index (κ1) is 16.4. The lowest BCUT2D eigenvalue weighted by Crippen LogP contribution is -2.48. The second-order valence-electron chi connectivity index (χ2n) is 7.58. The number of nitrogens with zero attached hydrogens (tertiary/aromatic N) is 2. The Morgan fingerprint density at radius 2 is 1.88 bits per heavy atom. The van der Waals surface area contributed by atoms with Gasteiger partial charge in [0.05, 0.1) is 0 Å². The molecule has 134 valence electrons. The Morgan fingerprint density at radius 3 is 2.48 bits per heavy atom. The number of carbonyl (C=O) groups excluding carboxylic acids is 2. The van der Waals surface area contributed by atoms with Crippen LogP contribution in [0.1, 0.15) is 19.8 Å². The Labute approximate surface area is 148 Å². The van der Waals surface area contributed by atoms with Crippen molar-refractivity contribution in [3.63, 3.8) is 0 Å². The largest absolute Gasteiger partial charge is 0.368 e. The molecule has 6 heteroatoms. The third-order valence-electron chi connectivity index (χ3n) is 6.01. The number of piperazine rings is 1. The topological polar surface area (TPSA) is 64.7 Å². The number of nitrogens with one attached hydrogen (secondary N) is 2. The Morgan fingerprint density at radius 1 is 1.16 bits per heavy atom. The van der Waals surface area contributed by atoms with Gasteiger partial charge in [0.2, 0.25) is 11.8 Å². The van der Waals surface area contributed by atoms with Gasteiger partial charge in [-0.25, -0.2) is 0 Å². The third kappa shape index (κ3) is 3.23. The van der Waals surface area contributed by atoms with E-state index in [4.69, 9.17) is 0 Å². The molecule has 2 atom stereocenters. The quantitative estimate of drug-likeness (QED) is 0.869. The van der Waals surface area contributed by atoms with Crippen LogP contribution >= 0.6 is 0 Å². The van der Waals surface area contributed by atoms with Crippen molar-refractivity contribution in [3.05, 3.63) is 24.3 Å². The number of carbonyl (C=O) groups is 2. The van der Waals surface area contributed by atoms with Crippen LogP contribution in [0.4, 0.5) is 11.4 Å². The van der Waals surface area contributed by atoms with E-state index < -0.39 is 0 Å². The molecule has 1 aliphatic carbocycles. The van der Waals surface area contributed by atoms with Crippen LogP contribution in [0.5, 0.6) is 0 Å². The van der Waals surface area contributed by atoms with Crippen LogP contribution in [0.25, 0.3) is 0 Å². The first-order valence-electron chi connectivity index (χ1n) is 9.20. The van der Waals surface area contributed by atoms with Crippen molar-refractivity contribution in [2.24, 2.45) is 11.3 Å². The normalized spacial score (nSPS) is 28.3.